The first-order valence-electron chi connectivity index (χ1n) is 9.72. The van der Waals surface area contributed by atoms with Gasteiger partial charge in [0.1, 0.15) is 11.8 Å². The van der Waals surface area contributed by atoms with Gasteiger partial charge in [0.2, 0.25) is 11.8 Å². The zero-order valence-electron chi connectivity index (χ0n) is 17.1. The Morgan fingerprint density at radius 1 is 0.897 bits per heavy atom. The van der Waals surface area contributed by atoms with Gasteiger partial charge in [-0.25, -0.2) is 0 Å². The molecule has 2 aromatic carbocycles. The fraction of sp³-hybridized carbons (Fsp3) is 0.348. The van der Waals surface area contributed by atoms with Gasteiger partial charge in [-0.2, -0.15) is 0 Å². The average Bonchev–Trinajstić information content (AvgIpc) is 2.72. The van der Waals surface area contributed by atoms with E-state index in [1.54, 1.807) is 43.5 Å². The molecule has 0 aliphatic heterocycles. The molecule has 2 aromatic rings. The Hall–Kier alpha value is -3.15. The summed E-state index contributed by atoms with van der Waals surface area (Å²) in [7, 11) is 1.57. The Balaban J connectivity index is 1.90. The van der Waals surface area contributed by atoms with E-state index >= 15 is 0 Å². The third-order valence-electron chi connectivity index (χ3n) is 4.35. The number of carbonyl (C=O) groups is 3. The fourth-order valence-electron chi connectivity index (χ4n) is 2.88. The normalized spacial score (nSPS) is 11.6. The van der Waals surface area contributed by atoms with Crippen molar-refractivity contribution < 1.29 is 19.1 Å². The number of ketones is 1. The van der Waals surface area contributed by atoms with Crippen LogP contribution in [0.2, 0.25) is 0 Å². The van der Waals surface area contributed by atoms with Crippen LogP contribution in [0.5, 0.6) is 5.75 Å². The maximum absolute atomic E-state index is 12.5. The van der Waals surface area contributed by atoms with Crippen LogP contribution < -0.4 is 15.4 Å². The first-order valence-corrected chi connectivity index (χ1v) is 9.72. The minimum atomic E-state index is -0.761. The van der Waals surface area contributed by atoms with Crippen molar-refractivity contribution in [1.82, 2.24) is 10.6 Å². The Kier molecular flexibility index (Phi) is 8.40. The Morgan fingerprint density at radius 3 is 2.14 bits per heavy atom. The van der Waals surface area contributed by atoms with Gasteiger partial charge in [0, 0.05) is 24.4 Å². The summed E-state index contributed by atoms with van der Waals surface area (Å²) >= 11 is 0. The molecule has 0 aliphatic rings. The Labute approximate surface area is 171 Å². The summed E-state index contributed by atoms with van der Waals surface area (Å²) in [4.78, 5) is 37.2. The lowest BCUT2D eigenvalue weighted by atomic mass is 10.0. The standard InChI is InChI=1S/C23H28N2O4/c1-16(2)24-23(28)22(18-8-5-4-6-9-18)25-21(27)11-7-10-20(26)17-12-14-19(29-3)15-13-17/h4-6,8-9,12-16,22H,7,10-11H2,1-3H3,(H,24,28)(H,25,27)/t22-/m0/s1. The highest BCUT2D eigenvalue weighted by Crippen LogP contribution is 2.16. The number of carbonyl (C=O) groups excluding carboxylic acids is 3. The summed E-state index contributed by atoms with van der Waals surface area (Å²) in [5.74, 6) is 0.138. The van der Waals surface area contributed by atoms with Crippen molar-refractivity contribution in [3.05, 3.63) is 65.7 Å². The Bertz CT molecular complexity index is 817. The lowest BCUT2D eigenvalue weighted by molar-refractivity contribution is -0.129. The number of amides is 2. The van der Waals surface area contributed by atoms with E-state index in [9.17, 15) is 14.4 Å². The van der Waals surface area contributed by atoms with Crippen LogP contribution in [0, 0.1) is 0 Å². The SMILES string of the molecule is COc1ccc(C(=O)CCCC(=O)N[C@H](C(=O)NC(C)C)c2ccccc2)cc1. The lowest BCUT2D eigenvalue weighted by Crippen LogP contribution is -2.42. The van der Waals surface area contributed by atoms with Gasteiger partial charge in [0.15, 0.2) is 5.78 Å². The van der Waals surface area contributed by atoms with E-state index in [1.807, 2.05) is 32.0 Å². The fourth-order valence-corrected chi connectivity index (χ4v) is 2.88. The third-order valence-corrected chi connectivity index (χ3v) is 4.35. The zero-order valence-corrected chi connectivity index (χ0v) is 17.1. The summed E-state index contributed by atoms with van der Waals surface area (Å²) in [6.07, 6.45) is 0.831. The van der Waals surface area contributed by atoms with Crippen LogP contribution in [-0.4, -0.2) is 30.7 Å². The van der Waals surface area contributed by atoms with E-state index < -0.39 is 6.04 Å². The molecule has 0 aromatic heterocycles. The monoisotopic (exact) mass is 396 g/mol. The molecule has 0 bridgehead atoms. The number of benzene rings is 2. The quantitative estimate of drug-likeness (QED) is 0.603. The van der Waals surface area contributed by atoms with Gasteiger partial charge >= 0.3 is 0 Å². The molecule has 0 heterocycles. The van der Waals surface area contributed by atoms with Crippen molar-refractivity contribution in [3.8, 4) is 5.75 Å². The smallest absolute Gasteiger partial charge is 0.247 e. The van der Waals surface area contributed by atoms with E-state index in [0.29, 0.717) is 23.3 Å². The topological polar surface area (TPSA) is 84.5 Å². The van der Waals surface area contributed by atoms with Crippen molar-refractivity contribution in [3.63, 3.8) is 0 Å². The third kappa shape index (κ3) is 7.07. The number of hydrogen-bond acceptors (Lipinski definition) is 4. The molecular weight excluding hydrogens is 368 g/mol. The molecule has 2 amide bonds. The van der Waals surface area contributed by atoms with Gasteiger partial charge in [-0.1, -0.05) is 30.3 Å². The van der Waals surface area contributed by atoms with Gasteiger partial charge in [-0.05, 0) is 50.1 Å². The molecule has 2 N–H and O–H groups in total. The number of ether oxygens (including phenoxy) is 1. The predicted octanol–water partition coefficient (Wildman–Crippen LogP) is 3.43. The van der Waals surface area contributed by atoms with Gasteiger partial charge in [-0.3, -0.25) is 14.4 Å². The summed E-state index contributed by atoms with van der Waals surface area (Å²) < 4.78 is 5.08. The zero-order chi connectivity index (χ0) is 21.2. The molecular formula is C23H28N2O4. The largest absolute Gasteiger partial charge is 0.497 e. The molecule has 0 unspecified atom stereocenters. The summed E-state index contributed by atoms with van der Waals surface area (Å²) in [5, 5.41) is 5.62. The maximum Gasteiger partial charge on any atom is 0.247 e. The molecule has 2 rings (SSSR count). The minimum absolute atomic E-state index is 0.0300. The van der Waals surface area contributed by atoms with E-state index in [-0.39, 0.29) is 36.5 Å². The van der Waals surface area contributed by atoms with Crippen LogP contribution in [-0.2, 0) is 9.59 Å². The van der Waals surface area contributed by atoms with E-state index in [0.717, 1.165) is 0 Å². The molecule has 6 heteroatoms. The van der Waals surface area contributed by atoms with Gasteiger partial charge in [-0.15, -0.1) is 0 Å². The maximum atomic E-state index is 12.5. The van der Waals surface area contributed by atoms with Crippen LogP contribution in [0.25, 0.3) is 0 Å². The molecule has 154 valence electrons. The van der Waals surface area contributed by atoms with Gasteiger partial charge in [0.05, 0.1) is 7.11 Å². The van der Waals surface area contributed by atoms with E-state index in [2.05, 4.69) is 10.6 Å². The van der Waals surface area contributed by atoms with Crippen molar-refractivity contribution in [2.45, 2.75) is 45.2 Å². The number of methoxy groups -OCH3 is 1. The van der Waals surface area contributed by atoms with Crippen LogP contribution in [0.3, 0.4) is 0 Å². The summed E-state index contributed by atoms with van der Waals surface area (Å²) in [5.41, 5.74) is 1.30. The summed E-state index contributed by atoms with van der Waals surface area (Å²) in [6, 6.07) is 15.2. The first-order chi connectivity index (χ1) is 13.9. The average molecular weight is 396 g/mol. The van der Waals surface area contributed by atoms with Gasteiger partial charge < -0.3 is 15.4 Å². The molecule has 6 nitrogen and oxygen atoms in total. The van der Waals surface area contributed by atoms with Crippen LogP contribution in [0.15, 0.2) is 54.6 Å². The second-order valence-electron chi connectivity index (χ2n) is 7.08. The second-order valence-corrected chi connectivity index (χ2v) is 7.08. The molecule has 0 aliphatic carbocycles. The highest BCUT2D eigenvalue weighted by atomic mass is 16.5. The van der Waals surface area contributed by atoms with Crippen LogP contribution in [0.1, 0.15) is 55.1 Å². The molecule has 0 saturated carbocycles. The van der Waals surface area contributed by atoms with Crippen LogP contribution in [0.4, 0.5) is 0 Å². The highest BCUT2D eigenvalue weighted by molar-refractivity contribution is 5.96. The molecule has 0 saturated heterocycles. The van der Waals surface area contributed by atoms with Crippen LogP contribution >= 0.6 is 0 Å². The molecule has 0 spiro atoms. The van der Waals surface area contributed by atoms with Crippen molar-refractivity contribution in [2.75, 3.05) is 7.11 Å². The predicted molar refractivity (Wildman–Crippen MR) is 112 cm³/mol. The van der Waals surface area contributed by atoms with Crippen molar-refractivity contribution >= 4 is 17.6 Å². The van der Waals surface area contributed by atoms with E-state index in [1.165, 1.54) is 0 Å². The van der Waals surface area contributed by atoms with Crippen molar-refractivity contribution in [2.24, 2.45) is 0 Å². The first kappa shape index (κ1) is 22.1. The Morgan fingerprint density at radius 2 is 1.55 bits per heavy atom. The lowest BCUT2D eigenvalue weighted by Gasteiger charge is -2.20. The number of hydrogen-bond donors (Lipinski definition) is 2. The molecule has 0 radical (unpaired) electrons. The second kappa shape index (κ2) is 11.0. The number of rotatable bonds is 10. The van der Waals surface area contributed by atoms with Crippen molar-refractivity contribution in [1.29, 1.82) is 0 Å². The molecule has 29 heavy (non-hydrogen) atoms. The summed E-state index contributed by atoms with van der Waals surface area (Å²) in [6.45, 7) is 3.74. The number of Topliss-reactive ketones (excluding diaryl/α,β-unsaturated/α-hetero) is 1. The number of nitrogens with one attached hydrogen (secondary N) is 2. The molecule has 0 fully saturated rings. The molecule has 1 atom stereocenters. The minimum Gasteiger partial charge on any atom is -0.497 e. The highest BCUT2D eigenvalue weighted by Gasteiger charge is 2.23. The van der Waals surface area contributed by atoms with E-state index in [4.69, 9.17) is 4.74 Å². The van der Waals surface area contributed by atoms with Gasteiger partial charge in [0.25, 0.3) is 0 Å².